The van der Waals surface area contributed by atoms with Crippen LogP contribution in [0.5, 0.6) is 11.5 Å². The molecule has 0 bridgehead atoms. The van der Waals surface area contributed by atoms with E-state index in [4.69, 9.17) is 9.47 Å². The summed E-state index contributed by atoms with van der Waals surface area (Å²) in [7, 11) is 1.68. The largest absolute Gasteiger partial charge is 0.497 e. The van der Waals surface area contributed by atoms with Crippen LogP contribution in [-0.4, -0.2) is 18.9 Å². The number of rotatable bonds is 6. The molecule has 0 saturated heterocycles. The first-order valence-corrected chi connectivity index (χ1v) is 11.1. The fourth-order valence-corrected chi connectivity index (χ4v) is 4.68. The van der Waals surface area contributed by atoms with Crippen molar-refractivity contribution < 1.29 is 19.1 Å². The number of esters is 1. The Hall–Kier alpha value is -3.40. The van der Waals surface area contributed by atoms with Crippen molar-refractivity contribution in [3.05, 3.63) is 95.1 Å². The highest BCUT2D eigenvalue weighted by atomic mass is 16.5. The molecule has 0 heterocycles. The Kier molecular flexibility index (Phi) is 6.40. The minimum Gasteiger partial charge on any atom is -0.497 e. The Morgan fingerprint density at radius 1 is 0.750 bits per heavy atom. The second kappa shape index (κ2) is 9.39. The van der Waals surface area contributed by atoms with Gasteiger partial charge in [0.2, 0.25) is 0 Å². The van der Waals surface area contributed by atoms with E-state index in [1.165, 1.54) is 37.3 Å². The van der Waals surface area contributed by atoms with Crippen LogP contribution in [0.4, 0.5) is 0 Å². The highest BCUT2D eigenvalue weighted by Gasteiger charge is 2.35. The minimum atomic E-state index is -0.469. The summed E-state index contributed by atoms with van der Waals surface area (Å²) in [5.41, 5.74) is 3.35. The predicted octanol–water partition coefficient (Wildman–Crippen LogP) is 6.37. The van der Waals surface area contributed by atoms with Crippen molar-refractivity contribution in [1.29, 1.82) is 0 Å². The van der Waals surface area contributed by atoms with Crippen molar-refractivity contribution >= 4 is 11.8 Å². The molecule has 4 rings (SSSR count). The van der Waals surface area contributed by atoms with E-state index >= 15 is 0 Å². The quantitative estimate of drug-likeness (QED) is 0.260. The Morgan fingerprint density at radius 2 is 1.31 bits per heavy atom. The van der Waals surface area contributed by atoms with Crippen LogP contribution in [-0.2, 0) is 5.41 Å². The van der Waals surface area contributed by atoms with Crippen LogP contribution in [0.25, 0.3) is 0 Å². The van der Waals surface area contributed by atoms with Gasteiger partial charge in [0.25, 0.3) is 0 Å². The molecule has 0 radical (unpaired) electrons. The molecule has 0 unspecified atom stereocenters. The van der Waals surface area contributed by atoms with Crippen LogP contribution in [0.2, 0.25) is 0 Å². The fourth-order valence-electron chi connectivity index (χ4n) is 4.68. The van der Waals surface area contributed by atoms with Crippen molar-refractivity contribution in [1.82, 2.24) is 0 Å². The van der Waals surface area contributed by atoms with Gasteiger partial charge in [-0.2, -0.15) is 0 Å². The van der Waals surface area contributed by atoms with Crippen molar-refractivity contribution in [2.75, 3.05) is 7.11 Å². The fraction of sp³-hybridized carbons (Fsp3) is 0.286. The lowest BCUT2D eigenvalue weighted by atomic mass is 9.65. The van der Waals surface area contributed by atoms with Gasteiger partial charge in [0, 0.05) is 11.0 Å². The molecular weight excluding hydrogens is 400 g/mol. The summed E-state index contributed by atoms with van der Waals surface area (Å²) in [6.45, 7) is 1.48. The average Bonchev–Trinajstić information content (AvgIpc) is 2.85. The number of methoxy groups -OCH3 is 1. The number of hydrogen-bond acceptors (Lipinski definition) is 4. The van der Waals surface area contributed by atoms with Gasteiger partial charge in [-0.05, 0) is 67.3 Å². The van der Waals surface area contributed by atoms with Gasteiger partial charge in [0.05, 0.1) is 12.7 Å². The van der Waals surface area contributed by atoms with E-state index in [0.29, 0.717) is 16.9 Å². The van der Waals surface area contributed by atoms with Crippen molar-refractivity contribution in [2.45, 2.75) is 44.4 Å². The first-order chi connectivity index (χ1) is 15.5. The van der Waals surface area contributed by atoms with Gasteiger partial charge in [-0.1, -0.05) is 55.7 Å². The van der Waals surface area contributed by atoms with Crippen molar-refractivity contribution in [3.8, 4) is 11.5 Å². The first kappa shape index (κ1) is 21.8. The van der Waals surface area contributed by atoms with Crippen LogP contribution in [0.15, 0.2) is 72.8 Å². The van der Waals surface area contributed by atoms with Crippen molar-refractivity contribution in [2.24, 2.45) is 0 Å². The average molecular weight is 429 g/mol. The molecule has 1 aliphatic rings. The normalized spacial score (nSPS) is 15.1. The standard InChI is InChI=1S/C28H28O4/c1-20(29)21-7-6-8-22(19-21)27(30)32-26-15-11-24(12-16-26)28(17-4-3-5-18-28)23-9-13-25(31-2)14-10-23/h6-16,19H,3-5,17-18H2,1-2H3. The van der Waals surface area contributed by atoms with Crippen molar-refractivity contribution in [3.63, 3.8) is 0 Å². The zero-order valence-corrected chi connectivity index (χ0v) is 18.6. The van der Waals surface area contributed by atoms with E-state index < -0.39 is 5.97 Å². The summed E-state index contributed by atoms with van der Waals surface area (Å²) in [6, 6.07) is 22.9. The van der Waals surface area contributed by atoms with E-state index in [2.05, 4.69) is 24.3 Å². The molecule has 0 spiro atoms. The lowest BCUT2D eigenvalue weighted by Crippen LogP contribution is -2.30. The summed E-state index contributed by atoms with van der Waals surface area (Å²) < 4.78 is 10.9. The third kappa shape index (κ3) is 4.45. The molecule has 32 heavy (non-hydrogen) atoms. The number of Topliss-reactive ketones (excluding diaryl/α,β-unsaturated/α-hetero) is 1. The van der Waals surface area contributed by atoms with Crippen LogP contribution in [0, 0.1) is 0 Å². The maximum absolute atomic E-state index is 12.6. The Labute approximate surface area is 189 Å². The molecule has 1 saturated carbocycles. The van der Waals surface area contributed by atoms with Crippen LogP contribution in [0.1, 0.15) is 70.9 Å². The molecule has 0 amide bonds. The minimum absolute atomic E-state index is 0.0388. The second-order valence-corrected chi connectivity index (χ2v) is 8.42. The van der Waals surface area contributed by atoms with E-state index in [-0.39, 0.29) is 11.2 Å². The number of hydrogen-bond donors (Lipinski definition) is 0. The Morgan fingerprint density at radius 3 is 1.88 bits per heavy atom. The maximum atomic E-state index is 12.6. The number of carbonyl (C=O) groups is 2. The topological polar surface area (TPSA) is 52.6 Å². The van der Waals surface area contributed by atoms with Gasteiger partial charge in [-0.3, -0.25) is 4.79 Å². The molecule has 0 N–H and O–H groups in total. The third-order valence-corrected chi connectivity index (χ3v) is 6.47. The summed E-state index contributed by atoms with van der Waals surface area (Å²) in [5, 5.41) is 0. The van der Waals surface area contributed by atoms with Crippen LogP contribution < -0.4 is 9.47 Å². The monoisotopic (exact) mass is 428 g/mol. The Bertz CT molecular complexity index is 1090. The molecule has 1 fully saturated rings. The lowest BCUT2D eigenvalue weighted by molar-refractivity contribution is 0.0734. The van der Waals surface area contributed by atoms with Crippen LogP contribution in [0.3, 0.4) is 0 Å². The number of carbonyl (C=O) groups excluding carboxylic acids is 2. The highest BCUT2D eigenvalue weighted by molar-refractivity contribution is 5.98. The van der Waals surface area contributed by atoms with E-state index in [1.807, 2.05) is 24.3 Å². The second-order valence-electron chi connectivity index (χ2n) is 8.42. The molecule has 0 aliphatic heterocycles. The van der Waals surface area contributed by atoms with Gasteiger partial charge >= 0.3 is 5.97 Å². The SMILES string of the molecule is COc1ccc(C2(c3ccc(OC(=O)c4cccc(C(C)=O)c4)cc3)CCCCC2)cc1. The van der Waals surface area contributed by atoms with E-state index in [0.717, 1.165) is 18.6 Å². The molecule has 0 atom stereocenters. The zero-order valence-electron chi connectivity index (χ0n) is 18.6. The van der Waals surface area contributed by atoms with Gasteiger partial charge in [0.15, 0.2) is 5.78 Å². The molecule has 3 aromatic rings. The van der Waals surface area contributed by atoms with Gasteiger partial charge < -0.3 is 9.47 Å². The number of benzene rings is 3. The molecule has 164 valence electrons. The first-order valence-electron chi connectivity index (χ1n) is 11.1. The summed E-state index contributed by atoms with van der Waals surface area (Å²) in [5.74, 6) is 0.798. The summed E-state index contributed by atoms with van der Waals surface area (Å²) >= 11 is 0. The smallest absolute Gasteiger partial charge is 0.343 e. The predicted molar refractivity (Wildman–Crippen MR) is 125 cm³/mol. The number of ether oxygens (including phenoxy) is 2. The molecule has 4 nitrogen and oxygen atoms in total. The van der Waals surface area contributed by atoms with Gasteiger partial charge in [-0.25, -0.2) is 4.79 Å². The summed E-state index contributed by atoms with van der Waals surface area (Å²) in [6.07, 6.45) is 5.82. The molecule has 1 aliphatic carbocycles. The molecule has 4 heteroatoms. The van der Waals surface area contributed by atoms with E-state index in [1.54, 1.807) is 31.4 Å². The maximum Gasteiger partial charge on any atom is 0.343 e. The molecular formula is C28H28O4. The number of ketones is 1. The third-order valence-electron chi connectivity index (χ3n) is 6.47. The zero-order chi connectivity index (χ0) is 22.6. The van der Waals surface area contributed by atoms with Gasteiger partial charge in [0.1, 0.15) is 11.5 Å². The van der Waals surface area contributed by atoms with Crippen LogP contribution >= 0.6 is 0 Å². The highest BCUT2D eigenvalue weighted by Crippen LogP contribution is 2.45. The lowest BCUT2D eigenvalue weighted by Gasteiger charge is -2.38. The molecule has 3 aromatic carbocycles. The summed E-state index contributed by atoms with van der Waals surface area (Å²) in [4.78, 5) is 24.2. The Balaban J connectivity index is 1.57. The van der Waals surface area contributed by atoms with Gasteiger partial charge in [-0.15, -0.1) is 0 Å². The molecule has 0 aromatic heterocycles. The van der Waals surface area contributed by atoms with E-state index in [9.17, 15) is 9.59 Å².